The van der Waals surface area contributed by atoms with Crippen LogP contribution in [-0.4, -0.2) is 16.5 Å². The van der Waals surface area contributed by atoms with Crippen LogP contribution in [0.2, 0.25) is 0 Å². The molecule has 114 valence electrons. The number of ether oxygens (including phenoxy) is 1. The number of carbonyl (C=O) groups excluding carboxylic acids is 1. The predicted molar refractivity (Wildman–Crippen MR) is 87.4 cm³/mol. The van der Waals surface area contributed by atoms with Crippen LogP contribution in [0.1, 0.15) is 29.8 Å². The molecule has 0 unspecified atom stereocenters. The van der Waals surface area contributed by atoms with E-state index >= 15 is 0 Å². The van der Waals surface area contributed by atoms with Gasteiger partial charge in [-0.25, -0.2) is 0 Å². The number of benzene rings is 2. The van der Waals surface area contributed by atoms with Crippen LogP contribution in [0.5, 0.6) is 5.75 Å². The van der Waals surface area contributed by atoms with Gasteiger partial charge in [-0.15, -0.1) is 0 Å². The standard InChI is InChI=1S/C19H16N2O2/c1-19(2)21(16(12-13-20)14-8-4-3-5-9-14)18(22)15-10-6-7-11-17(15)23-19/h3-12H,1-2H3. The van der Waals surface area contributed by atoms with E-state index in [0.29, 0.717) is 17.0 Å². The van der Waals surface area contributed by atoms with Crippen LogP contribution >= 0.6 is 0 Å². The number of hydrogen-bond acceptors (Lipinski definition) is 3. The molecule has 0 N–H and O–H groups in total. The van der Waals surface area contributed by atoms with Crippen molar-refractivity contribution in [1.82, 2.24) is 4.90 Å². The van der Waals surface area contributed by atoms with Crippen LogP contribution in [0.3, 0.4) is 0 Å². The smallest absolute Gasteiger partial charge is 0.265 e. The number of nitrogens with zero attached hydrogens (tertiary/aromatic N) is 2. The molecule has 0 aromatic heterocycles. The molecule has 1 aliphatic rings. The molecular weight excluding hydrogens is 288 g/mol. The quantitative estimate of drug-likeness (QED) is 0.792. The summed E-state index contributed by atoms with van der Waals surface area (Å²) in [5.41, 5.74) is 0.909. The zero-order chi connectivity index (χ0) is 16.4. The number of nitriles is 1. The highest BCUT2D eigenvalue weighted by Gasteiger charge is 2.42. The highest BCUT2D eigenvalue weighted by molar-refractivity contribution is 6.03. The Labute approximate surface area is 135 Å². The van der Waals surface area contributed by atoms with Gasteiger partial charge in [0, 0.05) is 6.08 Å². The minimum Gasteiger partial charge on any atom is -0.467 e. The molecule has 4 nitrogen and oxygen atoms in total. The van der Waals surface area contributed by atoms with E-state index in [9.17, 15) is 10.1 Å². The summed E-state index contributed by atoms with van der Waals surface area (Å²) in [6.07, 6.45) is 1.38. The molecule has 0 aliphatic carbocycles. The second kappa shape index (κ2) is 5.62. The largest absolute Gasteiger partial charge is 0.467 e. The fourth-order valence-corrected chi connectivity index (χ4v) is 2.76. The molecule has 23 heavy (non-hydrogen) atoms. The number of rotatable bonds is 2. The molecule has 1 aliphatic heterocycles. The maximum absolute atomic E-state index is 13.0. The summed E-state index contributed by atoms with van der Waals surface area (Å²) in [5, 5.41) is 9.18. The molecule has 1 heterocycles. The van der Waals surface area contributed by atoms with E-state index in [1.165, 1.54) is 11.0 Å². The lowest BCUT2D eigenvalue weighted by Crippen LogP contribution is -2.53. The first-order chi connectivity index (χ1) is 11.0. The van der Waals surface area contributed by atoms with Gasteiger partial charge in [0.15, 0.2) is 5.72 Å². The van der Waals surface area contributed by atoms with Gasteiger partial charge in [-0.1, -0.05) is 42.5 Å². The third-order valence-corrected chi connectivity index (χ3v) is 3.73. The molecule has 2 aromatic rings. The Morgan fingerprint density at radius 3 is 2.48 bits per heavy atom. The molecule has 0 bridgehead atoms. The second-order valence-electron chi connectivity index (χ2n) is 5.71. The average Bonchev–Trinajstić information content (AvgIpc) is 2.54. The molecular formula is C19H16N2O2. The van der Waals surface area contributed by atoms with Gasteiger partial charge in [-0.3, -0.25) is 9.69 Å². The van der Waals surface area contributed by atoms with E-state index in [4.69, 9.17) is 4.74 Å². The third kappa shape index (κ3) is 2.58. The molecule has 0 saturated carbocycles. The van der Waals surface area contributed by atoms with Gasteiger partial charge >= 0.3 is 0 Å². The number of allylic oxidation sites excluding steroid dienone is 1. The van der Waals surface area contributed by atoms with Crippen LogP contribution in [0.15, 0.2) is 60.7 Å². The highest BCUT2D eigenvalue weighted by atomic mass is 16.5. The monoisotopic (exact) mass is 304 g/mol. The van der Waals surface area contributed by atoms with E-state index in [0.717, 1.165) is 5.56 Å². The zero-order valence-electron chi connectivity index (χ0n) is 13.0. The van der Waals surface area contributed by atoms with E-state index < -0.39 is 5.72 Å². The maximum Gasteiger partial charge on any atom is 0.265 e. The Balaban J connectivity index is 2.15. The summed E-state index contributed by atoms with van der Waals surface area (Å²) in [4.78, 5) is 14.6. The summed E-state index contributed by atoms with van der Waals surface area (Å²) in [5.74, 6) is 0.380. The minimum absolute atomic E-state index is 0.179. The van der Waals surface area contributed by atoms with Crippen molar-refractivity contribution >= 4 is 11.6 Å². The normalized spacial score (nSPS) is 16.3. The van der Waals surface area contributed by atoms with Gasteiger partial charge in [-0.2, -0.15) is 5.26 Å². The van der Waals surface area contributed by atoms with Crippen molar-refractivity contribution in [2.75, 3.05) is 0 Å². The molecule has 1 amide bonds. The number of hydrogen-bond donors (Lipinski definition) is 0. The maximum atomic E-state index is 13.0. The van der Waals surface area contributed by atoms with Crippen LogP contribution in [0.4, 0.5) is 0 Å². The van der Waals surface area contributed by atoms with Crippen LogP contribution in [-0.2, 0) is 0 Å². The average molecular weight is 304 g/mol. The molecule has 0 saturated heterocycles. The van der Waals surface area contributed by atoms with Gasteiger partial charge in [0.25, 0.3) is 5.91 Å². The summed E-state index contributed by atoms with van der Waals surface area (Å²) in [7, 11) is 0. The van der Waals surface area contributed by atoms with E-state index in [1.54, 1.807) is 18.2 Å². The SMILES string of the molecule is CC1(C)Oc2ccccc2C(=O)N1C(=CC#N)c1ccccc1. The molecule has 0 atom stereocenters. The van der Waals surface area contributed by atoms with Crippen molar-refractivity contribution < 1.29 is 9.53 Å². The van der Waals surface area contributed by atoms with Crippen molar-refractivity contribution in [3.8, 4) is 11.8 Å². The number of fused-ring (bicyclic) bond motifs is 1. The Morgan fingerprint density at radius 2 is 1.78 bits per heavy atom. The number of para-hydroxylation sites is 1. The number of amides is 1. The van der Waals surface area contributed by atoms with E-state index in [2.05, 4.69) is 0 Å². The Kier molecular flexibility index (Phi) is 3.63. The van der Waals surface area contributed by atoms with Crippen LogP contribution in [0.25, 0.3) is 5.70 Å². The summed E-state index contributed by atoms with van der Waals surface area (Å²) in [6.45, 7) is 3.63. The first-order valence-corrected chi connectivity index (χ1v) is 7.32. The fourth-order valence-electron chi connectivity index (χ4n) is 2.76. The first-order valence-electron chi connectivity index (χ1n) is 7.32. The fraction of sp³-hybridized carbons (Fsp3) is 0.158. The minimum atomic E-state index is -0.899. The molecule has 4 heteroatoms. The molecule has 0 spiro atoms. The lowest BCUT2D eigenvalue weighted by Gasteiger charge is -2.43. The first kappa shape index (κ1) is 14.9. The van der Waals surface area contributed by atoms with Crippen LogP contribution < -0.4 is 4.74 Å². The Bertz CT molecular complexity index is 817. The van der Waals surface area contributed by atoms with E-state index in [-0.39, 0.29) is 5.91 Å². The summed E-state index contributed by atoms with van der Waals surface area (Å²) < 4.78 is 6.01. The van der Waals surface area contributed by atoms with Crippen molar-refractivity contribution in [2.45, 2.75) is 19.6 Å². The third-order valence-electron chi connectivity index (χ3n) is 3.73. The predicted octanol–water partition coefficient (Wildman–Crippen LogP) is 3.82. The van der Waals surface area contributed by atoms with Gasteiger partial charge in [-0.05, 0) is 31.5 Å². The van der Waals surface area contributed by atoms with Crippen molar-refractivity contribution in [2.24, 2.45) is 0 Å². The lowest BCUT2D eigenvalue weighted by atomic mass is 10.0. The van der Waals surface area contributed by atoms with Crippen LogP contribution in [0, 0.1) is 11.3 Å². The van der Waals surface area contributed by atoms with Gasteiger partial charge in [0.05, 0.1) is 17.3 Å². The topological polar surface area (TPSA) is 53.3 Å². The Hall–Kier alpha value is -3.06. The van der Waals surface area contributed by atoms with Crippen molar-refractivity contribution in [3.05, 3.63) is 71.8 Å². The van der Waals surface area contributed by atoms with Crippen molar-refractivity contribution in [1.29, 1.82) is 5.26 Å². The lowest BCUT2D eigenvalue weighted by molar-refractivity contribution is -0.0201. The van der Waals surface area contributed by atoms with Gasteiger partial charge in [0.1, 0.15) is 5.75 Å². The molecule has 0 fully saturated rings. The van der Waals surface area contributed by atoms with Gasteiger partial charge in [0.2, 0.25) is 0 Å². The van der Waals surface area contributed by atoms with Gasteiger partial charge < -0.3 is 4.74 Å². The second-order valence-corrected chi connectivity index (χ2v) is 5.71. The molecule has 2 aromatic carbocycles. The zero-order valence-corrected chi connectivity index (χ0v) is 13.0. The molecule has 0 radical (unpaired) electrons. The van der Waals surface area contributed by atoms with E-state index in [1.807, 2.05) is 56.3 Å². The van der Waals surface area contributed by atoms with Crippen molar-refractivity contribution in [3.63, 3.8) is 0 Å². The Morgan fingerprint density at radius 1 is 1.13 bits per heavy atom. The summed E-state index contributed by atoms with van der Waals surface area (Å²) >= 11 is 0. The highest BCUT2D eigenvalue weighted by Crippen LogP contribution is 2.38. The number of carbonyl (C=O) groups is 1. The molecule has 3 rings (SSSR count). The summed E-state index contributed by atoms with van der Waals surface area (Å²) in [6, 6.07) is 18.5.